The van der Waals surface area contributed by atoms with E-state index < -0.39 is 5.82 Å². The SMILES string of the molecule is Cc1noc(C)c1CNc1ccc(C(N)=S)c(Br)c1F. The van der Waals surface area contributed by atoms with E-state index >= 15 is 0 Å². The normalized spacial score (nSPS) is 10.6. The van der Waals surface area contributed by atoms with Gasteiger partial charge in [0.1, 0.15) is 10.7 Å². The summed E-state index contributed by atoms with van der Waals surface area (Å²) in [6.07, 6.45) is 0. The third-order valence-electron chi connectivity index (χ3n) is 2.98. The van der Waals surface area contributed by atoms with Crippen LogP contribution in [0.25, 0.3) is 0 Å². The monoisotopic (exact) mass is 357 g/mol. The van der Waals surface area contributed by atoms with Crippen LogP contribution >= 0.6 is 28.1 Å². The molecule has 0 saturated heterocycles. The summed E-state index contributed by atoms with van der Waals surface area (Å²) in [7, 11) is 0. The van der Waals surface area contributed by atoms with Crippen LogP contribution in [-0.2, 0) is 6.54 Å². The Morgan fingerprint density at radius 2 is 2.20 bits per heavy atom. The van der Waals surface area contributed by atoms with Crippen molar-refractivity contribution in [2.75, 3.05) is 5.32 Å². The van der Waals surface area contributed by atoms with Gasteiger partial charge < -0.3 is 15.6 Å². The first-order chi connectivity index (χ1) is 9.41. The number of aromatic nitrogens is 1. The topological polar surface area (TPSA) is 64.1 Å². The minimum atomic E-state index is -0.429. The fourth-order valence-corrected chi connectivity index (χ4v) is 2.67. The zero-order valence-electron chi connectivity index (χ0n) is 11.0. The Balaban J connectivity index is 2.23. The van der Waals surface area contributed by atoms with Gasteiger partial charge in [0.25, 0.3) is 0 Å². The molecule has 2 rings (SSSR count). The van der Waals surface area contributed by atoms with Gasteiger partial charge in [-0.25, -0.2) is 4.39 Å². The average Bonchev–Trinajstić information content (AvgIpc) is 2.71. The molecule has 0 bridgehead atoms. The van der Waals surface area contributed by atoms with Gasteiger partial charge in [0.05, 0.1) is 15.9 Å². The standard InChI is InChI=1S/C13H13BrFN3OS/c1-6-9(7(2)19-18-6)5-17-10-4-3-8(13(16)20)11(14)12(10)15/h3-4,17H,5H2,1-2H3,(H2,16,20). The van der Waals surface area contributed by atoms with Gasteiger partial charge in [0.2, 0.25) is 0 Å². The summed E-state index contributed by atoms with van der Waals surface area (Å²) in [5, 5.41) is 6.87. The largest absolute Gasteiger partial charge is 0.389 e. The molecule has 4 nitrogen and oxygen atoms in total. The van der Waals surface area contributed by atoms with Crippen molar-refractivity contribution in [3.05, 3.63) is 45.0 Å². The molecule has 0 spiro atoms. The molecule has 0 atom stereocenters. The summed E-state index contributed by atoms with van der Waals surface area (Å²) in [6.45, 7) is 4.09. The van der Waals surface area contributed by atoms with Crippen LogP contribution in [0.5, 0.6) is 0 Å². The number of halogens is 2. The fourth-order valence-electron chi connectivity index (χ4n) is 1.81. The number of thiocarbonyl (C=S) groups is 1. The van der Waals surface area contributed by atoms with Crippen molar-refractivity contribution in [1.29, 1.82) is 0 Å². The highest BCUT2D eigenvalue weighted by Crippen LogP contribution is 2.27. The van der Waals surface area contributed by atoms with Crippen molar-refractivity contribution >= 4 is 38.8 Å². The number of nitrogens with one attached hydrogen (secondary N) is 1. The van der Waals surface area contributed by atoms with E-state index in [4.69, 9.17) is 22.5 Å². The molecule has 0 aliphatic heterocycles. The van der Waals surface area contributed by atoms with Crippen LogP contribution in [-0.4, -0.2) is 10.1 Å². The van der Waals surface area contributed by atoms with Crippen molar-refractivity contribution in [3.8, 4) is 0 Å². The highest BCUT2D eigenvalue weighted by atomic mass is 79.9. The van der Waals surface area contributed by atoms with Gasteiger partial charge in [-0.15, -0.1) is 0 Å². The number of hydrogen-bond donors (Lipinski definition) is 2. The molecule has 1 aromatic heterocycles. The van der Waals surface area contributed by atoms with E-state index in [-0.39, 0.29) is 9.46 Å². The van der Waals surface area contributed by atoms with Crippen molar-refractivity contribution in [3.63, 3.8) is 0 Å². The van der Waals surface area contributed by atoms with Crippen LogP contribution in [0.4, 0.5) is 10.1 Å². The second-order valence-electron chi connectivity index (χ2n) is 4.31. The Bertz CT molecular complexity index is 652. The Morgan fingerprint density at radius 1 is 1.50 bits per heavy atom. The predicted octanol–water partition coefficient (Wildman–Crippen LogP) is 3.44. The summed E-state index contributed by atoms with van der Waals surface area (Å²) >= 11 is 8.02. The van der Waals surface area contributed by atoms with Crippen molar-refractivity contribution in [2.24, 2.45) is 5.73 Å². The Labute approximate surface area is 129 Å². The Morgan fingerprint density at radius 3 is 2.75 bits per heavy atom. The third kappa shape index (κ3) is 2.83. The maximum absolute atomic E-state index is 14.2. The molecule has 1 aromatic carbocycles. The van der Waals surface area contributed by atoms with Crippen LogP contribution in [0.2, 0.25) is 0 Å². The highest BCUT2D eigenvalue weighted by molar-refractivity contribution is 9.10. The fraction of sp³-hybridized carbons (Fsp3) is 0.231. The number of nitrogens with zero attached hydrogens (tertiary/aromatic N) is 1. The first-order valence-electron chi connectivity index (χ1n) is 5.85. The maximum Gasteiger partial charge on any atom is 0.161 e. The molecule has 0 fully saturated rings. The Kier molecular flexibility index (Phi) is 4.39. The van der Waals surface area contributed by atoms with E-state index in [0.29, 0.717) is 23.6 Å². The minimum absolute atomic E-state index is 0.146. The molecule has 0 radical (unpaired) electrons. The molecule has 0 unspecified atom stereocenters. The summed E-state index contributed by atoms with van der Waals surface area (Å²) in [4.78, 5) is 0.146. The van der Waals surface area contributed by atoms with Crippen LogP contribution in [0, 0.1) is 19.7 Å². The summed E-state index contributed by atoms with van der Waals surface area (Å²) in [5.41, 5.74) is 8.05. The molecule has 0 amide bonds. The molecular formula is C13H13BrFN3OS. The first-order valence-corrected chi connectivity index (χ1v) is 7.05. The number of benzene rings is 1. The third-order valence-corrected chi connectivity index (χ3v) is 3.98. The average molecular weight is 358 g/mol. The molecule has 0 aliphatic carbocycles. The van der Waals surface area contributed by atoms with Crippen molar-refractivity contribution in [2.45, 2.75) is 20.4 Å². The molecule has 0 aliphatic rings. The maximum atomic E-state index is 14.2. The lowest BCUT2D eigenvalue weighted by Gasteiger charge is -2.11. The smallest absolute Gasteiger partial charge is 0.161 e. The summed E-state index contributed by atoms with van der Waals surface area (Å²) in [6, 6.07) is 3.28. The second-order valence-corrected chi connectivity index (χ2v) is 5.54. The molecule has 7 heteroatoms. The van der Waals surface area contributed by atoms with E-state index in [9.17, 15) is 4.39 Å². The lowest BCUT2D eigenvalue weighted by atomic mass is 10.1. The zero-order chi connectivity index (χ0) is 14.9. The van der Waals surface area contributed by atoms with Gasteiger partial charge in [-0.3, -0.25) is 0 Å². The van der Waals surface area contributed by atoms with Gasteiger partial charge in [0, 0.05) is 17.7 Å². The molecule has 1 heterocycles. The molecule has 0 saturated carbocycles. The van der Waals surface area contributed by atoms with E-state index in [1.807, 2.05) is 13.8 Å². The number of nitrogens with two attached hydrogens (primary N) is 1. The quantitative estimate of drug-likeness (QED) is 0.820. The summed E-state index contributed by atoms with van der Waals surface area (Å²) < 4.78 is 19.5. The van der Waals surface area contributed by atoms with Crippen LogP contribution in [0.3, 0.4) is 0 Å². The Hall–Kier alpha value is -1.47. The molecular weight excluding hydrogens is 345 g/mol. The molecule has 20 heavy (non-hydrogen) atoms. The first kappa shape index (κ1) is 14.9. The van der Waals surface area contributed by atoms with E-state index in [1.54, 1.807) is 12.1 Å². The lowest BCUT2D eigenvalue weighted by molar-refractivity contribution is 0.392. The van der Waals surface area contributed by atoms with Crippen LogP contribution < -0.4 is 11.1 Å². The van der Waals surface area contributed by atoms with Crippen LogP contribution in [0.15, 0.2) is 21.1 Å². The molecule has 3 N–H and O–H groups in total. The van der Waals surface area contributed by atoms with Gasteiger partial charge in [-0.05, 0) is 41.9 Å². The van der Waals surface area contributed by atoms with Gasteiger partial charge >= 0.3 is 0 Å². The number of aryl methyl sites for hydroxylation is 2. The van der Waals surface area contributed by atoms with Gasteiger partial charge in [0.15, 0.2) is 5.82 Å². The number of hydrogen-bond acceptors (Lipinski definition) is 4. The molecule has 2 aromatic rings. The van der Waals surface area contributed by atoms with Gasteiger partial charge in [-0.1, -0.05) is 17.4 Å². The predicted molar refractivity (Wildman–Crippen MR) is 83.3 cm³/mol. The van der Waals surface area contributed by atoms with E-state index in [1.165, 1.54) is 0 Å². The highest BCUT2D eigenvalue weighted by Gasteiger charge is 2.14. The summed E-state index contributed by atoms with van der Waals surface area (Å²) in [5.74, 6) is 0.288. The zero-order valence-corrected chi connectivity index (χ0v) is 13.4. The minimum Gasteiger partial charge on any atom is -0.389 e. The van der Waals surface area contributed by atoms with Crippen molar-refractivity contribution in [1.82, 2.24) is 5.16 Å². The van der Waals surface area contributed by atoms with Gasteiger partial charge in [-0.2, -0.15) is 0 Å². The number of anilines is 1. The molecule has 106 valence electrons. The van der Waals surface area contributed by atoms with E-state index in [2.05, 4.69) is 26.4 Å². The van der Waals surface area contributed by atoms with Crippen LogP contribution in [0.1, 0.15) is 22.6 Å². The van der Waals surface area contributed by atoms with E-state index in [0.717, 1.165) is 11.3 Å². The second kappa shape index (κ2) is 5.88. The number of rotatable bonds is 4. The lowest BCUT2D eigenvalue weighted by Crippen LogP contribution is -2.12. The van der Waals surface area contributed by atoms with Crippen molar-refractivity contribution < 1.29 is 8.91 Å².